The predicted octanol–water partition coefficient (Wildman–Crippen LogP) is -4.40. The molecule has 0 fully saturated rings. The molecule has 0 saturated carbocycles. The van der Waals surface area contributed by atoms with E-state index >= 15 is 0 Å². The van der Waals surface area contributed by atoms with Gasteiger partial charge in [0.2, 0.25) is 4.96 Å². The van der Waals surface area contributed by atoms with Gasteiger partial charge in [0.25, 0.3) is 0 Å². The summed E-state index contributed by atoms with van der Waals surface area (Å²) in [6, 6.07) is 0. The maximum atomic E-state index is 5.40. The maximum Gasteiger partial charge on any atom is 0.330 e. The van der Waals surface area contributed by atoms with Crippen molar-refractivity contribution in [1.82, 2.24) is 0 Å². The average molecular weight is 348 g/mol. The lowest BCUT2D eigenvalue weighted by molar-refractivity contribution is -0.890. The molecule has 0 amide bonds. The van der Waals surface area contributed by atoms with Gasteiger partial charge in [0, 0.05) is 0 Å². The van der Waals surface area contributed by atoms with Crippen LogP contribution in [0.5, 0.6) is 0 Å². The van der Waals surface area contributed by atoms with Crippen LogP contribution in [0.4, 0.5) is 0 Å². The average Bonchev–Trinajstić information content (AvgIpc) is 1.62. The molecule has 0 aliphatic heterocycles. The standard InChI is InChI=1S/C3H4Cl5N.BrH.ClH/c1-9(2(4)5)3(6,7)8;;/h2H,1H3;2*1H/p-1. The normalized spacial score (nSPS) is 13.4. The van der Waals surface area contributed by atoms with Gasteiger partial charge in [0.05, 0.1) is 7.05 Å². The topological polar surface area (TPSA) is 4.44 Å². The van der Waals surface area contributed by atoms with Crippen molar-refractivity contribution in [2.75, 3.05) is 7.05 Å². The van der Waals surface area contributed by atoms with E-state index in [1.807, 2.05) is 0 Å². The van der Waals surface area contributed by atoms with Gasteiger partial charge in [0.15, 0.2) is 0 Å². The first-order valence-electron chi connectivity index (χ1n) is 2.04. The molecular formula is C3H5BrCl6N-. The van der Waals surface area contributed by atoms with Crippen LogP contribution in [0.3, 0.4) is 0 Å². The number of halogens is 7. The summed E-state index contributed by atoms with van der Waals surface area (Å²) in [7, 11) is 1.58. The van der Waals surface area contributed by atoms with Crippen LogP contribution in [0.2, 0.25) is 0 Å². The van der Waals surface area contributed by atoms with E-state index in [1.54, 1.807) is 7.05 Å². The first-order valence-corrected chi connectivity index (χ1v) is 4.05. The van der Waals surface area contributed by atoms with E-state index in [9.17, 15) is 0 Å². The van der Waals surface area contributed by atoms with E-state index in [4.69, 9.17) is 58.0 Å². The number of hydrogen-bond acceptors (Lipinski definition) is 0. The molecule has 0 aromatic carbocycles. The smallest absolute Gasteiger partial charge is 0.330 e. The number of alkyl halides is 5. The minimum atomic E-state index is -1.45. The molecule has 0 aromatic rings. The second-order valence-corrected chi connectivity index (χ2v) is 4.86. The van der Waals surface area contributed by atoms with Gasteiger partial charge >= 0.3 is 3.92 Å². The quantitative estimate of drug-likeness (QED) is 0.361. The zero-order valence-electron chi connectivity index (χ0n) is 5.22. The van der Waals surface area contributed by atoms with Crippen molar-refractivity contribution < 1.29 is 34.3 Å². The Morgan fingerprint density at radius 2 is 1.45 bits per heavy atom. The summed E-state index contributed by atoms with van der Waals surface area (Å²) in [5.41, 5.74) is 0. The molecule has 1 atom stereocenters. The van der Waals surface area contributed by atoms with E-state index in [-0.39, 0.29) is 29.4 Å². The molecule has 0 saturated heterocycles. The van der Waals surface area contributed by atoms with Gasteiger partial charge in [-0.3, -0.25) is 4.90 Å². The van der Waals surface area contributed by atoms with Gasteiger partial charge in [-0.15, -0.1) is 0 Å². The van der Waals surface area contributed by atoms with Crippen LogP contribution in [-0.4, -0.2) is 15.9 Å². The monoisotopic (exact) mass is 344 g/mol. The third-order valence-corrected chi connectivity index (χ3v) is 2.32. The van der Waals surface area contributed by atoms with Gasteiger partial charge in [-0.25, -0.2) is 0 Å². The van der Waals surface area contributed by atoms with Crippen molar-refractivity contribution in [3.63, 3.8) is 0 Å². The van der Waals surface area contributed by atoms with Crippen molar-refractivity contribution in [2.45, 2.75) is 8.88 Å². The summed E-state index contributed by atoms with van der Waals surface area (Å²) in [6.45, 7) is 0. The molecule has 0 spiro atoms. The zero-order valence-corrected chi connectivity index (χ0v) is 11.3. The first kappa shape index (κ1) is 18.9. The van der Waals surface area contributed by atoms with E-state index in [2.05, 4.69) is 0 Å². The molecule has 0 radical (unpaired) electrons. The summed E-state index contributed by atoms with van der Waals surface area (Å²) in [4.78, 5) is -0.312. The van der Waals surface area contributed by atoms with Crippen LogP contribution >= 0.6 is 58.0 Å². The highest BCUT2D eigenvalue weighted by Crippen LogP contribution is 2.18. The first-order chi connectivity index (χ1) is 3.85. The SMILES string of the molecule is C[NH+](C(Cl)Cl)C(Cl)(Cl)Cl.[Br-].[Cl-]. The molecule has 1 nitrogen and oxygen atoms in total. The van der Waals surface area contributed by atoms with E-state index < -0.39 is 8.88 Å². The van der Waals surface area contributed by atoms with Gasteiger partial charge < -0.3 is 29.4 Å². The minimum Gasteiger partial charge on any atom is -1.00 e. The Hall–Kier alpha value is 2.18. The fourth-order valence-electron chi connectivity index (χ4n) is 0.124. The Labute approximate surface area is 107 Å². The summed E-state index contributed by atoms with van der Waals surface area (Å²) in [5, 5.41) is 0. The predicted molar refractivity (Wildman–Crippen MR) is 42.7 cm³/mol. The van der Waals surface area contributed by atoms with Crippen LogP contribution in [0.1, 0.15) is 0 Å². The molecule has 1 unspecified atom stereocenters. The molecule has 0 rings (SSSR count). The van der Waals surface area contributed by atoms with E-state index in [1.165, 1.54) is 0 Å². The van der Waals surface area contributed by atoms with Crippen molar-refractivity contribution in [3.05, 3.63) is 0 Å². The maximum absolute atomic E-state index is 5.40. The Morgan fingerprint density at radius 3 is 1.45 bits per heavy atom. The number of nitrogens with one attached hydrogen (secondary N) is 1. The fourth-order valence-corrected chi connectivity index (χ4v) is 1.11. The molecule has 8 heteroatoms. The zero-order chi connectivity index (χ0) is 7.65. The Morgan fingerprint density at radius 1 is 1.18 bits per heavy atom. The second-order valence-electron chi connectivity index (χ2n) is 1.48. The molecular weight excluding hydrogens is 343 g/mol. The van der Waals surface area contributed by atoms with Gasteiger partial charge in [0.1, 0.15) is 0 Å². The summed E-state index contributed by atoms with van der Waals surface area (Å²) >= 11 is 27.0. The molecule has 72 valence electrons. The highest BCUT2D eigenvalue weighted by Gasteiger charge is 2.34. The molecule has 11 heavy (non-hydrogen) atoms. The Kier molecular flexibility index (Phi) is 13.0. The molecule has 0 heterocycles. The Balaban J connectivity index is -0.000000320. The molecule has 0 bridgehead atoms. The lowest BCUT2D eigenvalue weighted by Gasteiger charge is -2.21. The van der Waals surface area contributed by atoms with E-state index in [0.717, 1.165) is 0 Å². The molecule has 1 N–H and O–H groups in total. The molecule has 0 aliphatic rings. The largest absolute Gasteiger partial charge is 1.00 e. The highest BCUT2D eigenvalue weighted by molar-refractivity contribution is 6.66. The third kappa shape index (κ3) is 8.51. The second kappa shape index (κ2) is 7.57. The van der Waals surface area contributed by atoms with Crippen molar-refractivity contribution in [3.8, 4) is 0 Å². The van der Waals surface area contributed by atoms with Crippen LogP contribution in [0, 0.1) is 0 Å². The number of hydrogen-bond donors (Lipinski definition) is 1. The fraction of sp³-hybridized carbons (Fsp3) is 1.00. The van der Waals surface area contributed by atoms with Crippen LogP contribution in [0.15, 0.2) is 0 Å². The summed E-state index contributed by atoms with van der Waals surface area (Å²) < 4.78 is -1.45. The molecule has 0 aliphatic carbocycles. The summed E-state index contributed by atoms with van der Waals surface area (Å²) in [5.74, 6) is 0. The minimum absolute atomic E-state index is 0. The van der Waals surface area contributed by atoms with E-state index in [0.29, 0.717) is 4.90 Å². The lowest BCUT2D eigenvalue weighted by Crippen LogP contribution is -3.16. The van der Waals surface area contributed by atoms with Crippen LogP contribution < -0.4 is 34.3 Å². The highest BCUT2D eigenvalue weighted by atomic mass is 79.9. The lowest BCUT2D eigenvalue weighted by atomic mass is 11.0. The van der Waals surface area contributed by atoms with Crippen molar-refractivity contribution in [1.29, 1.82) is 0 Å². The van der Waals surface area contributed by atoms with Gasteiger partial charge in [-0.1, -0.05) is 0 Å². The van der Waals surface area contributed by atoms with Crippen molar-refractivity contribution >= 4 is 58.0 Å². The van der Waals surface area contributed by atoms with Gasteiger partial charge in [-0.2, -0.15) is 0 Å². The van der Waals surface area contributed by atoms with Crippen LogP contribution in [-0.2, 0) is 0 Å². The summed E-state index contributed by atoms with van der Waals surface area (Å²) in [6.07, 6.45) is 0. The number of quaternary nitrogens is 1. The van der Waals surface area contributed by atoms with Gasteiger partial charge in [-0.05, 0) is 58.0 Å². The molecule has 0 aromatic heterocycles. The number of rotatable bonds is 1. The Bertz CT molecular complexity index is 92.3. The van der Waals surface area contributed by atoms with Crippen LogP contribution in [0.25, 0.3) is 0 Å². The van der Waals surface area contributed by atoms with Crippen molar-refractivity contribution in [2.24, 2.45) is 0 Å². The third-order valence-electron chi connectivity index (χ3n) is 0.774.